The van der Waals surface area contributed by atoms with Gasteiger partial charge in [0.25, 0.3) is 11.8 Å². The summed E-state index contributed by atoms with van der Waals surface area (Å²) in [5.74, 6) is -3.02. The van der Waals surface area contributed by atoms with Gasteiger partial charge in [-0.1, -0.05) is 116 Å². The van der Waals surface area contributed by atoms with Gasteiger partial charge in [0.05, 0.1) is 17.8 Å². The number of amides is 2. The summed E-state index contributed by atoms with van der Waals surface area (Å²) in [7, 11) is 0. The maximum Gasteiger partial charge on any atom is 0.352 e. The zero-order valence-electron chi connectivity index (χ0n) is 32.1. The summed E-state index contributed by atoms with van der Waals surface area (Å²) in [6.07, 6.45) is 5.00. The van der Waals surface area contributed by atoms with Gasteiger partial charge in [-0.3, -0.25) is 14.5 Å². The molecule has 1 fully saturated rings. The van der Waals surface area contributed by atoms with E-state index in [4.69, 9.17) is 14.6 Å². The maximum absolute atomic E-state index is 14.1. The number of carboxylic acids is 1. The summed E-state index contributed by atoms with van der Waals surface area (Å²) in [6.45, 7) is 3.49. The van der Waals surface area contributed by atoms with Crippen LogP contribution in [0.25, 0.3) is 6.08 Å². The standard InChI is InChI=1S/C43H40N6O7S3/c1-3-4-22-55-34(50)23-56-48-35(38(51)46-36-39(52)49-37(41(53)54)28(24-57-40(36)49)20-21-33-27(2)44-26-59-33)32-25-58-42(45-32)47-43(29-14-8-5-9-15-29,30-16-10-6-11-17-30)31-18-12-7-13-19-31/h5-21,25-26,36,40H,3-4,22-24H2,1-2H3,(H,45,47)(H,46,51)(H,53,54)/t36?,40-/m1/s1. The highest BCUT2D eigenvalue weighted by Crippen LogP contribution is 2.42. The van der Waals surface area contributed by atoms with Gasteiger partial charge in [-0.2, -0.15) is 0 Å². The molecule has 2 aromatic heterocycles. The lowest BCUT2D eigenvalue weighted by atomic mass is 9.77. The van der Waals surface area contributed by atoms with E-state index in [9.17, 15) is 24.3 Å². The van der Waals surface area contributed by atoms with Gasteiger partial charge in [-0.25, -0.2) is 19.6 Å². The number of unbranched alkanes of at least 4 members (excludes halogenated alkanes) is 1. The first-order chi connectivity index (χ1) is 28.7. The molecule has 13 nitrogen and oxygen atoms in total. The van der Waals surface area contributed by atoms with Gasteiger partial charge in [0.2, 0.25) is 6.61 Å². The highest BCUT2D eigenvalue weighted by Gasteiger charge is 2.54. The van der Waals surface area contributed by atoms with Crippen LogP contribution in [0.2, 0.25) is 0 Å². The number of oxime groups is 1. The van der Waals surface area contributed by atoms with Crippen molar-refractivity contribution >= 4 is 75.1 Å². The molecule has 0 spiro atoms. The Morgan fingerprint density at radius 2 is 1.61 bits per heavy atom. The van der Waals surface area contributed by atoms with Crippen molar-refractivity contribution in [2.24, 2.45) is 5.16 Å². The number of anilines is 1. The Kier molecular flexibility index (Phi) is 13.0. The Morgan fingerprint density at radius 3 is 2.19 bits per heavy atom. The minimum absolute atomic E-state index is 0.120. The smallest absolute Gasteiger partial charge is 0.352 e. The van der Waals surface area contributed by atoms with Crippen LogP contribution in [0.15, 0.2) is 124 Å². The molecule has 2 aliphatic rings. The molecule has 2 atom stereocenters. The molecular formula is C43H40N6O7S3. The van der Waals surface area contributed by atoms with E-state index < -0.39 is 47.3 Å². The van der Waals surface area contributed by atoms with Crippen molar-refractivity contribution in [2.75, 3.05) is 24.3 Å². The number of allylic oxidation sites excluding steroid dienone is 1. The molecule has 0 bridgehead atoms. The van der Waals surface area contributed by atoms with Crippen LogP contribution in [0.3, 0.4) is 0 Å². The molecule has 2 amide bonds. The predicted molar refractivity (Wildman–Crippen MR) is 229 cm³/mol. The number of esters is 1. The van der Waals surface area contributed by atoms with Gasteiger partial charge in [-0.15, -0.1) is 34.4 Å². The minimum atomic E-state index is -1.25. The number of hydrogen-bond donors (Lipinski definition) is 3. The van der Waals surface area contributed by atoms with Crippen LogP contribution in [0.1, 0.15) is 52.7 Å². The minimum Gasteiger partial charge on any atom is -0.477 e. The van der Waals surface area contributed by atoms with Crippen molar-refractivity contribution < 1.29 is 33.9 Å². The van der Waals surface area contributed by atoms with E-state index >= 15 is 0 Å². The quantitative estimate of drug-likeness (QED) is 0.0224. The molecular weight excluding hydrogens is 809 g/mol. The number of aliphatic carboxylic acids is 1. The number of aromatic nitrogens is 2. The molecule has 0 saturated carbocycles. The zero-order valence-corrected chi connectivity index (χ0v) is 34.5. The Balaban J connectivity index is 1.18. The van der Waals surface area contributed by atoms with Crippen LogP contribution in [0.4, 0.5) is 5.13 Å². The fraction of sp³-hybridized carbons (Fsp3) is 0.233. The fourth-order valence-corrected chi connectivity index (χ4v) is 9.50. The number of carboxylic acid groups (broad SMARTS) is 1. The Bertz CT molecular complexity index is 2300. The van der Waals surface area contributed by atoms with Crippen LogP contribution >= 0.6 is 34.4 Å². The van der Waals surface area contributed by atoms with Crippen molar-refractivity contribution in [1.82, 2.24) is 20.2 Å². The second-order valence-electron chi connectivity index (χ2n) is 13.5. The highest BCUT2D eigenvalue weighted by molar-refractivity contribution is 8.00. The third kappa shape index (κ3) is 8.84. The van der Waals surface area contributed by atoms with Gasteiger partial charge in [0.15, 0.2) is 10.8 Å². The van der Waals surface area contributed by atoms with Crippen LogP contribution < -0.4 is 10.6 Å². The molecule has 3 N–H and O–H groups in total. The number of thioether (sulfide) groups is 1. The number of carbonyl (C=O) groups excluding carboxylic acids is 3. The zero-order chi connectivity index (χ0) is 41.4. The van der Waals surface area contributed by atoms with Gasteiger partial charge in [-0.05, 0) is 41.7 Å². The Hall–Kier alpha value is -6.10. The number of nitrogens with zero attached hydrogens (tertiary/aromatic N) is 4. The van der Waals surface area contributed by atoms with Gasteiger partial charge < -0.3 is 25.3 Å². The van der Waals surface area contributed by atoms with Crippen LogP contribution in [-0.4, -0.2) is 79.8 Å². The van der Waals surface area contributed by atoms with E-state index in [1.165, 1.54) is 39.3 Å². The first-order valence-electron chi connectivity index (χ1n) is 18.8. The van der Waals surface area contributed by atoms with Crippen molar-refractivity contribution in [3.63, 3.8) is 0 Å². The summed E-state index contributed by atoms with van der Waals surface area (Å²) < 4.78 is 5.19. The molecule has 0 aliphatic carbocycles. The van der Waals surface area contributed by atoms with Crippen LogP contribution in [0, 0.1) is 6.92 Å². The molecule has 5 aromatic rings. The van der Waals surface area contributed by atoms with Crippen LogP contribution in [0.5, 0.6) is 0 Å². The molecule has 2 aliphatic heterocycles. The van der Waals surface area contributed by atoms with Gasteiger partial charge in [0, 0.05) is 16.0 Å². The molecule has 1 unspecified atom stereocenters. The summed E-state index contributed by atoms with van der Waals surface area (Å²) in [5.41, 5.74) is 4.58. The normalized spacial score (nSPS) is 16.7. The topological polar surface area (TPSA) is 172 Å². The van der Waals surface area contributed by atoms with Crippen molar-refractivity contribution in [3.8, 4) is 0 Å². The molecule has 0 radical (unpaired) electrons. The number of hydrogen-bond acceptors (Lipinski definition) is 13. The van der Waals surface area contributed by atoms with Crippen molar-refractivity contribution in [3.05, 3.63) is 152 Å². The summed E-state index contributed by atoms with van der Waals surface area (Å²) >= 11 is 3.99. The molecule has 4 heterocycles. The third-order valence-electron chi connectivity index (χ3n) is 9.68. The summed E-state index contributed by atoms with van der Waals surface area (Å²) in [4.78, 5) is 69.2. The second kappa shape index (κ2) is 18.7. The van der Waals surface area contributed by atoms with E-state index in [0.717, 1.165) is 33.7 Å². The fourth-order valence-electron chi connectivity index (χ4n) is 6.74. The number of nitrogens with one attached hydrogen (secondary N) is 2. The van der Waals surface area contributed by atoms with Gasteiger partial charge in [0.1, 0.15) is 28.3 Å². The average Bonchev–Trinajstić information content (AvgIpc) is 3.91. The Morgan fingerprint density at radius 1 is 0.966 bits per heavy atom. The SMILES string of the molecule is CCCCOC(=O)CON=C(C(=O)NC1C(=O)N2C(C(=O)O)=C(C=Cc3scnc3C)CS[C@H]12)c1csc(NC(c2ccccc2)(c2ccccc2)c2ccccc2)n1. The number of carbonyl (C=O) groups is 4. The maximum atomic E-state index is 14.1. The number of rotatable bonds is 17. The lowest BCUT2D eigenvalue weighted by molar-refractivity contribution is -0.150. The predicted octanol–water partition coefficient (Wildman–Crippen LogP) is 6.83. The highest BCUT2D eigenvalue weighted by atomic mass is 32.2. The van der Waals surface area contributed by atoms with E-state index in [1.54, 1.807) is 23.0 Å². The lowest BCUT2D eigenvalue weighted by Gasteiger charge is -2.49. The lowest BCUT2D eigenvalue weighted by Crippen LogP contribution is -2.71. The number of fused-ring (bicyclic) bond motifs is 1. The third-order valence-corrected chi connectivity index (χ3v) is 12.6. The van der Waals surface area contributed by atoms with E-state index in [0.29, 0.717) is 17.1 Å². The van der Waals surface area contributed by atoms with Crippen molar-refractivity contribution in [2.45, 2.75) is 43.6 Å². The van der Waals surface area contributed by atoms with Crippen LogP contribution in [-0.2, 0) is 34.3 Å². The number of benzene rings is 3. The van der Waals surface area contributed by atoms with E-state index in [-0.39, 0.29) is 29.5 Å². The van der Waals surface area contributed by atoms with Gasteiger partial charge >= 0.3 is 11.9 Å². The Labute approximate surface area is 352 Å². The first-order valence-corrected chi connectivity index (χ1v) is 21.6. The molecule has 16 heteroatoms. The first kappa shape index (κ1) is 41.1. The van der Waals surface area contributed by atoms with Crippen molar-refractivity contribution in [1.29, 1.82) is 0 Å². The average molecular weight is 849 g/mol. The van der Waals surface area contributed by atoms with E-state index in [1.807, 2.05) is 105 Å². The summed E-state index contributed by atoms with van der Waals surface area (Å²) in [5, 5.41) is 22.1. The number of ether oxygens (including phenoxy) is 1. The number of thiazole rings is 2. The largest absolute Gasteiger partial charge is 0.477 e. The number of aryl methyl sites for hydroxylation is 1. The molecule has 59 heavy (non-hydrogen) atoms. The molecule has 302 valence electrons. The monoisotopic (exact) mass is 848 g/mol. The second-order valence-corrected chi connectivity index (χ2v) is 16.3. The molecule has 1 saturated heterocycles. The van der Waals surface area contributed by atoms with E-state index in [2.05, 4.69) is 20.8 Å². The molecule has 3 aromatic carbocycles. The molecule has 7 rings (SSSR count). The number of β-lactam (4-membered cyclic amide) rings is 1. The summed E-state index contributed by atoms with van der Waals surface area (Å²) in [6, 6.07) is 28.8.